The van der Waals surface area contributed by atoms with Gasteiger partial charge in [0.2, 0.25) is 0 Å². The van der Waals surface area contributed by atoms with Crippen LogP contribution in [0.5, 0.6) is 0 Å². The summed E-state index contributed by atoms with van der Waals surface area (Å²) in [7, 11) is 0. The monoisotopic (exact) mass is 267 g/mol. The van der Waals surface area contributed by atoms with Crippen LogP contribution in [0.25, 0.3) is 0 Å². The van der Waals surface area contributed by atoms with Crippen LogP contribution < -0.4 is 5.32 Å². The Morgan fingerprint density at radius 3 is 2.50 bits per heavy atom. The molecule has 1 rings (SSSR count). The van der Waals surface area contributed by atoms with Gasteiger partial charge in [-0.2, -0.15) is 0 Å². The van der Waals surface area contributed by atoms with Crippen molar-refractivity contribution in [2.75, 3.05) is 12.4 Å². The first-order chi connectivity index (χ1) is 8.56. The number of halogens is 1. The molecule has 0 saturated carbocycles. The largest absolute Gasteiger partial charge is 0.351 e. The molecular weight excluding hydrogens is 246 g/mol. The van der Waals surface area contributed by atoms with E-state index in [-0.39, 0.29) is 11.3 Å². The van der Waals surface area contributed by atoms with Crippen molar-refractivity contribution < 1.29 is 4.79 Å². The van der Waals surface area contributed by atoms with Crippen LogP contribution in [0.15, 0.2) is 24.3 Å². The molecule has 1 aromatic carbocycles. The van der Waals surface area contributed by atoms with Crippen molar-refractivity contribution in [2.24, 2.45) is 5.41 Å². The number of carbonyl (C=O) groups is 1. The maximum absolute atomic E-state index is 12.0. The van der Waals surface area contributed by atoms with Crippen molar-refractivity contribution in [3.05, 3.63) is 35.4 Å². The first-order valence-corrected chi connectivity index (χ1v) is 7.01. The fourth-order valence-electron chi connectivity index (χ4n) is 1.89. The van der Waals surface area contributed by atoms with Gasteiger partial charge in [-0.05, 0) is 31.9 Å². The molecule has 0 heterocycles. The zero-order chi connectivity index (χ0) is 13.6. The second-order valence-corrected chi connectivity index (χ2v) is 5.16. The molecule has 0 aliphatic heterocycles. The maximum atomic E-state index is 12.0. The number of alkyl halides is 1. The number of nitrogens with one attached hydrogen (secondary N) is 1. The number of hydrogen-bond donors (Lipinski definition) is 1. The highest BCUT2D eigenvalue weighted by molar-refractivity contribution is 6.18. The van der Waals surface area contributed by atoms with Crippen molar-refractivity contribution in [3.63, 3.8) is 0 Å². The summed E-state index contributed by atoms with van der Waals surface area (Å²) >= 11 is 6.03. The smallest absolute Gasteiger partial charge is 0.251 e. The standard InChI is InChI=1S/C15H22ClNO/c1-4-15(5-2,10-16)11-17-14(18)13-8-6-7-12(3)9-13/h6-9H,4-5,10-11H2,1-3H3,(H,17,18). The Kier molecular flexibility index (Phi) is 5.67. The van der Waals surface area contributed by atoms with Crippen LogP contribution >= 0.6 is 11.6 Å². The van der Waals surface area contributed by atoms with Crippen LogP contribution in [0.1, 0.15) is 42.6 Å². The quantitative estimate of drug-likeness (QED) is 0.781. The van der Waals surface area contributed by atoms with Crippen molar-refractivity contribution in [1.29, 1.82) is 0 Å². The summed E-state index contributed by atoms with van der Waals surface area (Å²) in [4.78, 5) is 12.0. The normalized spacial score (nSPS) is 11.3. The summed E-state index contributed by atoms with van der Waals surface area (Å²) in [6.07, 6.45) is 1.95. The van der Waals surface area contributed by atoms with E-state index in [9.17, 15) is 4.79 Å². The molecule has 1 N–H and O–H groups in total. The molecule has 0 unspecified atom stereocenters. The number of carbonyl (C=O) groups excluding carboxylic acids is 1. The molecule has 2 nitrogen and oxygen atoms in total. The highest BCUT2D eigenvalue weighted by Crippen LogP contribution is 2.27. The van der Waals surface area contributed by atoms with Gasteiger partial charge in [0, 0.05) is 23.4 Å². The molecule has 0 aliphatic carbocycles. The molecule has 1 amide bonds. The lowest BCUT2D eigenvalue weighted by Crippen LogP contribution is -2.38. The SMILES string of the molecule is CCC(CC)(CCl)CNC(=O)c1cccc(C)c1. The van der Waals surface area contributed by atoms with Gasteiger partial charge in [0.1, 0.15) is 0 Å². The minimum absolute atomic E-state index is 0.0149. The average molecular weight is 268 g/mol. The van der Waals surface area contributed by atoms with Gasteiger partial charge in [-0.15, -0.1) is 11.6 Å². The Labute approximate surface area is 115 Å². The summed E-state index contributed by atoms with van der Waals surface area (Å²) in [6, 6.07) is 7.62. The molecular formula is C15H22ClNO. The molecule has 100 valence electrons. The number of amides is 1. The predicted molar refractivity (Wildman–Crippen MR) is 77.2 cm³/mol. The van der Waals surface area contributed by atoms with Crippen LogP contribution in [-0.4, -0.2) is 18.3 Å². The molecule has 0 atom stereocenters. The van der Waals surface area contributed by atoms with Gasteiger partial charge in [0.25, 0.3) is 5.91 Å². The Bertz CT molecular complexity index is 391. The number of hydrogen-bond acceptors (Lipinski definition) is 1. The topological polar surface area (TPSA) is 29.1 Å². The summed E-state index contributed by atoms with van der Waals surface area (Å²) in [5, 5.41) is 3.00. The Morgan fingerprint density at radius 1 is 1.33 bits per heavy atom. The van der Waals surface area contributed by atoms with Crippen LogP contribution in [0.4, 0.5) is 0 Å². The first kappa shape index (κ1) is 15.0. The number of rotatable bonds is 6. The maximum Gasteiger partial charge on any atom is 0.251 e. The number of benzene rings is 1. The van der Waals surface area contributed by atoms with Gasteiger partial charge in [0.15, 0.2) is 0 Å². The third-order valence-corrected chi connectivity index (χ3v) is 4.25. The zero-order valence-electron chi connectivity index (χ0n) is 11.4. The molecule has 1 aromatic rings. The second-order valence-electron chi connectivity index (χ2n) is 4.89. The lowest BCUT2D eigenvalue weighted by Gasteiger charge is -2.29. The molecule has 0 bridgehead atoms. The highest BCUT2D eigenvalue weighted by Gasteiger charge is 2.25. The van der Waals surface area contributed by atoms with Crippen molar-refractivity contribution in [1.82, 2.24) is 5.32 Å². The Hall–Kier alpha value is -1.02. The van der Waals surface area contributed by atoms with E-state index in [0.717, 1.165) is 18.4 Å². The fraction of sp³-hybridized carbons (Fsp3) is 0.533. The van der Waals surface area contributed by atoms with Gasteiger partial charge >= 0.3 is 0 Å². The second kappa shape index (κ2) is 6.79. The fourth-order valence-corrected chi connectivity index (χ4v) is 2.36. The van der Waals surface area contributed by atoms with Gasteiger partial charge in [0.05, 0.1) is 0 Å². The van der Waals surface area contributed by atoms with E-state index in [0.29, 0.717) is 18.0 Å². The van der Waals surface area contributed by atoms with Gasteiger partial charge in [-0.1, -0.05) is 31.5 Å². The van der Waals surface area contributed by atoms with Crippen molar-refractivity contribution in [3.8, 4) is 0 Å². The third-order valence-electron chi connectivity index (χ3n) is 3.69. The Morgan fingerprint density at radius 2 is 2.00 bits per heavy atom. The van der Waals surface area contributed by atoms with Crippen molar-refractivity contribution in [2.45, 2.75) is 33.6 Å². The van der Waals surface area contributed by atoms with E-state index in [2.05, 4.69) is 19.2 Å². The van der Waals surface area contributed by atoms with E-state index >= 15 is 0 Å². The minimum atomic E-state index is -0.0184. The van der Waals surface area contributed by atoms with Gasteiger partial charge in [-0.25, -0.2) is 0 Å². The van der Waals surface area contributed by atoms with Crippen molar-refractivity contribution >= 4 is 17.5 Å². The number of aryl methyl sites for hydroxylation is 1. The molecule has 0 spiro atoms. The summed E-state index contributed by atoms with van der Waals surface area (Å²) in [5.74, 6) is 0.559. The molecule has 0 saturated heterocycles. The average Bonchev–Trinajstić information content (AvgIpc) is 2.40. The van der Waals surface area contributed by atoms with E-state index in [1.165, 1.54) is 0 Å². The van der Waals surface area contributed by atoms with E-state index < -0.39 is 0 Å². The first-order valence-electron chi connectivity index (χ1n) is 6.47. The Balaban J connectivity index is 2.66. The molecule has 0 radical (unpaired) electrons. The lowest BCUT2D eigenvalue weighted by molar-refractivity contribution is 0.0931. The zero-order valence-corrected chi connectivity index (χ0v) is 12.2. The van der Waals surface area contributed by atoms with Crippen LogP contribution in [0.3, 0.4) is 0 Å². The predicted octanol–water partition coefficient (Wildman–Crippen LogP) is 3.77. The molecule has 0 fully saturated rings. The van der Waals surface area contributed by atoms with E-state index in [1.54, 1.807) is 0 Å². The summed E-state index contributed by atoms with van der Waals surface area (Å²) in [5.41, 5.74) is 1.82. The molecule has 0 aliphatic rings. The molecule has 18 heavy (non-hydrogen) atoms. The summed E-state index contributed by atoms with van der Waals surface area (Å²) in [6.45, 7) is 6.85. The minimum Gasteiger partial charge on any atom is -0.351 e. The van der Waals surface area contributed by atoms with E-state index in [4.69, 9.17) is 11.6 Å². The highest BCUT2D eigenvalue weighted by atomic mass is 35.5. The molecule has 0 aromatic heterocycles. The van der Waals surface area contributed by atoms with Crippen LogP contribution in [-0.2, 0) is 0 Å². The third kappa shape index (κ3) is 3.74. The van der Waals surface area contributed by atoms with Gasteiger partial charge in [-0.3, -0.25) is 4.79 Å². The summed E-state index contributed by atoms with van der Waals surface area (Å²) < 4.78 is 0. The van der Waals surface area contributed by atoms with E-state index in [1.807, 2.05) is 31.2 Å². The van der Waals surface area contributed by atoms with Gasteiger partial charge < -0.3 is 5.32 Å². The molecule has 3 heteroatoms. The van der Waals surface area contributed by atoms with Crippen LogP contribution in [0.2, 0.25) is 0 Å². The lowest BCUT2D eigenvalue weighted by atomic mass is 9.84. The van der Waals surface area contributed by atoms with Crippen LogP contribution in [0, 0.1) is 12.3 Å².